The Morgan fingerprint density at radius 2 is 2.25 bits per heavy atom. The summed E-state index contributed by atoms with van der Waals surface area (Å²) in [6, 6.07) is 9.66. The van der Waals surface area contributed by atoms with Gasteiger partial charge in [-0.2, -0.15) is 5.10 Å². The van der Waals surface area contributed by atoms with Crippen molar-refractivity contribution in [1.82, 2.24) is 20.4 Å². The molecule has 0 aliphatic carbocycles. The van der Waals surface area contributed by atoms with E-state index in [0.29, 0.717) is 18.0 Å². The van der Waals surface area contributed by atoms with Crippen LogP contribution in [-0.2, 0) is 6.54 Å². The van der Waals surface area contributed by atoms with Crippen LogP contribution >= 0.6 is 0 Å². The van der Waals surface area contributed by atoms with E-state index in [1.54, 1.807) is 0 Å². The van der Waals surface area contributed by atoms with E-state index in [-0.39, 0.29) is 5.91 Å². The van der Waals surface area contributed by atoms with Crippen molar-refractivity contribution < 1.29 is 4.79 Å². The van der Waals surface area contributed by atoms with Crippen LogP contribution in [0.2, 0.25) is 0 Å². The summed E-state index contributed by atoms with van der Waals surface area (Å²) >= 11 is 0. The second kappa shape index (κ2) is 7.49. The molecule has 128 valence electrons. The number of benzene rings is 1. The molecule has 1 aromatic heterocycles. The van der Waals surface area contributed by atoms with Gasteiger partial charge in [0.2, 0.25) is 0 Å². The molecule has 6 heteroatoms. The number of H-pyrrole nitrogens is 1. The van der Waals surface area contributed by atoms with Crippen LogP contribution in [0.1, 0.15) is 28.2 Å². The first-order valence-electron chi connectivity index (χ1n) is 8.44. The molecule has 0 radical (unpaired) electrons. The number of nitrogens with one attached hydrogen (secondary N) is 3. The number of aromatic amines is 1. The average molecular weight is 327 g/mol. The number of para-hydroxylation sites is 1. The Hall–Kier alpha value is -2.34. The number of hydrogen-bond acceptors (Lipinski definition) is 4. The van der Waals surface area contributed by atoms with E-state index in [1.165, 1.54) is 0 Å². The zero-order chi connectivity index (χ0) is 16.9. The van der Waals surface area contributed by atoms with Crippen molar-refractivity contribution in [3.8, 4) is 0 Å². The van der Waals surface area contributed by atoms with Gasteiger partial charge in [0.05, 0.1) is 11.3 Å². The summed E-state index contributed by atoms with van der Waals surface area (Å²) in [5.41, 5.74) is 3.73. The maximum atomic E-state index is 12.4. The van der Waals surface area contributed by atoms with E-state index < -0.39 is 0 Å². The third-order valence-corrected chi connectivity index (χ3v) is 4.51. The number of nitrogens with zero attached hydrogens (tertiary/aromatic N) is 2. The van der Waals surface area contributed by atoms with Gasteiger partial charge in [0.25, 0.3) is 5.91 Å². The lowest BCUT2D eigenvalue weighted by atomic mass is 10.1. The molecule has 2 heterocycles. The first-order valence-corrected chi connectivity index (χ1v) is 8.44. The van der Waals surface area contributed by atoms with Gasteiger partial charge < -0.3 is 10.6 Å². The minimum absolute atomic E-state index is 0.0127. The second-order valence-corrected chi connectivity index (χ2v) is 6.44. The van der Waals surface area contributed by atoms with Gasteiger partial charge in [0.1, 0.15) is 0 Å². The molecule has 0 saturated carbocycles. The number of anilines is 1. The van der Waals surface area contributed by atoms with Crippen LogP contribution in [0.25, 0.3) is 0 Å². The van der Waals surface area contributed by atoms with Gasteiger partial charge in [-0.05, 0) is 44.0 Å². The van der Waals surface area contributed by atoms with Crippen LogP contribution in [0.15, 0.2) is 30.3 Å². The van der Waals surface area contributed by atoms with Crippen molar-refractivity contribution >= 4 is 11.6 Å². The molecule has 0 bridgehead atoms. The van der Waals surface area contributed by atoms with Crippen LogP contribution in [0.5, 0.6) is 0 Å². The van der Waals surface area contributed by atoms with E-state index in [0.717, 1.165) is 43.1 Å². The van der Waals surface area contributed by atoms with E-state index in [9.17, 15) is 4.79 Å². The molecule has 1 amide bonds. The van der Waals surface area contributed by atoms with Crippen molar-refractivity contribution in [3.05, 3.63) is 47.3 Å². The van der Waals surface area contributed by atoms with Gasteiger partial charge in [-0.25, -0.2) is 0 Å². The summed E-state index contributed by atoms with van der Waals surface area (Å²) in [6.07, 6.45) is 1.11. The lowest BCUT2D eigenvalue weighted by Crippen LogP contribution is -2.31. The largest absolute Gasteiger partial charge is 0.387 e. The number of carbonyl (C=O) groups is 1. The molecule has 1 fully saturated rings. The molecule has 2 aromatic rings. The minimum Gasteiger partial charge on any atom is -0.387 e. The molecule has 3 N–H and O–H groups in total. The summed E-state index contributed by atoms with van der Waals surface area (Å²) in [5, 5.41) is 13.4. The number of rotatable bonds is 6. The maximum absolute atomic E-state index is 12.4. The number of aryl methyl sites for hydroxylation is 1. The van der Waals surface area contributed by atoms with E-state index in [2.05, 4.69) is 31.8 Å². The van der Waals surface area contributed by atoms with Crippen molar-refractivity contribution in [2.75, 3.05) is 32.0 Å². The highest BCUT2D eigenvalue weighted by Gasteiger charge is 2.23. The topological polar surface area (TPSA) is 73.1 Å². The SMILES string of the molecule is CNc1ccccc1C(=O)NCC1CCN(Cc2cc(C)[nH]n2)C1. The van der Waals surface area contributed by atoms with E-state index in [1.807, 2.05) is 38.2 Å². The number of amides is 1. The van der Waals surface area contributed by atoms with Crippen molar-refractivity contribution in [2.45, 2.75) is 19.9 Å². The average Bonchev–Trinajstić information content (AvgIpc) is 3.21. The fraction of sp³-hybridized carbons (Fsp3) is 0.444. The Morgan fingerprint density at radius 1 is 1.42 bits per heavy atom. The van der Waals surface area contributed by atoms with Crippen LogP contribution in [-0.4, -0.2) is 47.7 Å². The molecular formula is C18H25N5O. The number of hydrogen-bond donors (Lipinski definition) is 3. The summed E-state index contributed by atoms with van der Waals surface area (Å²) in [5.74, 6) is 0.483. The highest BCUT2D eigenvalue weighted by molar-refractivity contribution is 5.99. The minimum atomic E-state index is -0.0127. The Morgan fingerprint density at radius 3 is 3.00 bits per heavy atom. The first-order chi connectivity index (χ1) is 11.7. The van der Waals surface area contributed by atoms with Gasteiger partial charge in [-0.15, -0.1) is 0 Å². The predicted molar refractivity (Wildman–Crippen MR) is 95.0 cm³/mol. The summed E-state index contributed by atoms with van der Waals surface area (Å²) < 4.78 is 0. The molecule has 1 unspecified atom stereocenters. The van der Waals surface area contributed by atoms with Gasteiger partial charge in [-0.1, -0.05) is 12.1 Å². The summed E-state index contributed by atoms with van der Waals surface area (Å²) in [7, 11) is 1.83. The number of carbonyl (C=O) groups excluding carboxylic acids is 1. The van der Waals surface area contributed by atoms with Crippen molar-refractivity contribution in [3.63, 3.8) is 0 Å². The molecule has 24 heavy (non-hydrogen) atoms. The molecule has 1 saturated heterocycles. The maximum Gasteiger partial charge on any atom is 0.253 e. The Bertz CT molecular complexity index is 696. The van der Waals surface area contributed by atoms with Crippen LogP contribution in [0.4, 0.5) is 5.69 Å². The van der Waals surface area contributed by atoms with E-state index >= 15 is 0 Å². The lowest BCUT2D eigenvalue weighted by Gasteiger charge is -2.15. The molecule has 1 aliphatic heterocycles. The molecule has 6 nitrogen and oxygen atoms in total. The molecule has 1 aliphatic rings. The Kier molecular flexibility index (Phi) is 5.15. The van der Waals surface area contributed by atoms with Crippen molar-refractivity contribution in [2.24, 2.45) is 5.92 Å². The predicted octanol–water partition coefficient (Wildman–Crippen LogP) is 2.01. The number of likely N-dealkylation sites (tertiary alicyclic amines) is 1. The third kappa shape index (κ3) is 3.94. The van der Waals surface area contributed by atoms with Gasteiger partial charge >= 0.3 is 0 Å². The normalized spacial score (nSPS) is 17.8. The van der Waals surface area contributed by atoms with Crippen molar-refractivity contribution in [1.29, 1.82) is 0 Å². The monoisotopic (exact) mass is 327 g/mol. The fourth-order valence-electron chi connectivity index (χ4n) is 3.24. The van der Waals surface area contributed by atoms with E-state index in [4.69, 9.17) is 0 Å². The van der Waals surface area contributed by atoms with Crippen LogP contribution < -0.4 is 10.6 Å². The van der Waals surface area contributed by atoms with Gasteiger partial charge in [0, 0.05) is 38.1 Å². The Labute approximate surface area is 142 Å². The standard InChI is InChI=1S/C18H25N5O/c1-13-9-15(22-21-13)12-23-8-7-14(11-23)10-20-18(24)16-5-3-4-6-17(16)19-2/h3-6,9,14,19H,7-8,10-12H2,1-2H3,(H,20,24)(H,21,22). The third-order valence-electron chi connectivity index (χ3n) is 4.51. The fourth-order valence-corrected chi connectivity index (χ4v) is 3.24. The second-order valence-electron chi connectivity index (χ2n) is 6.44. The molecule has 0 spiro atoms. The highest BCUT2D eigenvalue weighted by Crippen LogP contribution is 2.18. The molecular weight excluding hydrogens is 302 g/mol. The van der Waals surface area contributed by atoms with Crippen LogP contribution in [0.3, 0.4) is 0 Å². The molecule has 3 rings (SSSR count). The Balaban J connectivity index is 1.48. The zero-order valence-corrected chi connectivity index (χ0v) is 14.3. The summed E-state index contributed by atoms with van der Waals surface area (Å²) in [6.45, 7) is 5.66. The van der Waals surface area contributed by atoms with Gasteiger partial charge in [0.15, 0.2) is 0 Å². The molecule has 1 atom stereocenters. The van der Waals surface area contributed by atoms with Gasteiger partial charge in [-0.3, -0.25) is 14.8 Å². The summed E-state index contributed by atoms with van der Waals surface area (Å²) in [4.78, 5) is 14.8. The number of aromatic nitrogens is 2. The van der Waals surface area contributed by atoms with Crippen LogP contribution in [0, 0.1) is 12.8 Å². The molecule has 1 aromatic carbocycles. The smallest absolute Gasteiger partial charge is 0.253 e. The highest BCUT2D eigenvalue weighted by atomic mass is 16.1. The lowest BCUT2D eigenvalue weighted by molar-refractivity contribution is 0.0948. The zero-order valence-electron chi connectivity index (χ0n) is 14.3. The quantitative estimate of drug-likeness (QED) is 0.759. The first kappa shape index (κ1) is 16.5.